The number of hydrogen-bond donors (Lipinski definition) is 0. The van der Waals surface area contributed by atoms with E-state index in [9.17, 15) is 0 Å². The van der Waals surface area contributed by atoms with E-state index in [-0.39, 0.29) is 0 Å². The van der Waals surface area contributed by atoms with E-state index in [1.54, 1.807) is 6.07 Å². The zero-order chi connectivity index (χ0) is 7.98. The Morgan fingerprint density at radius 1 is 1.30 bits per heavy atom. The fourth-order valence-corrected chi connectivity index (χ4v) is 0.483. The maximum atomic E-state index is 5.44. The average molecular weight is 157 g/mol. The van der Waals surface area contributed by atoms with Crippen LogP contribution in [0.4, 0.5) is 0 Å². The van der Waals surface area contributed by atoms with Crippen LogP contribution in [0.15, 0.2) is 25.3 Å². The van der Waals surface area contributed by atoms with Gasteiger partial charge >= 0.3 is 0 Å². The van der Waals surface area contributed by atoms with E-state index in [1.807, 2.05) is 13.0 Å². The van der Waals surface area contributed by atoms with Crippen LogP contribution in [0.5, 0.6) is 0 Å². The average Bonchev–Trinajstić information content (AvgIpc) is 2.00. The van der Waals surface area contributed by atoms with E-state index in [4.69, 9.17) is 11.6 Å². The highest BCUT2D eigenvalue weighted by Crippen LogP contribution is 1.99. The fraction of sp³-hybridized carbons (Fsp3) is 0.143. The third-order valence-electron chi connectivity index (χ3n) is 0.765. The van der Waals surface area contributed by atoms with Crippen molar-refractivity contribution in [3.05, 3.63) is 36.1 Å². The molecule has 0 aromatic carbocycles. The van der Waals surface area contributed by atoms with Crippen molar-refractivity contribution >= 4 is 11.6 Å². The molecule has 0 aliphatic heterocycles. The molecule has 10 heavy (non-hydrogen) atoms. The molecule has 0 saturated carbocycles. The molecule has 2 nitrogen and oxygen atoms in total. The molecule has 0 spiro atoms. The van der Waals surface area contributed by atoms with Crippen LogP contribution >= 0.6 is 11.6 Å². The predicted molar refractivity (Wildman–Crippen MR) is 43.0 cm³/mol. The largest absolute Gasteiger partial charge is 0.154 e. The summed E-state index contributed by atoms with van der Waals surface area (Å²) >= 11 is 5.44. The number of halogens is 1. The van der Waals surface area contributed by atoms with Crippen LogP contribution in [-0.4, -0.2) is 10.2 Å². The zero-order valence-electron chi connectivity index (χ0n) is 5.84. The summed E-state index contributed by atoms with van der Waals surface area (Å²) < 4.78 is 0. The highest BCUT2D eigenvalue weighted by atomic mass is 35.5. The van der Waals surface area contributed by atoms with Crippen LogP contribution in [0.1, 0.15) is 5.69 Å². The number of aryl methyl sites for hydroxylation is 1. The van der Waals surface area contributed by atoms with Gasteiger partial charge in [-0.3, -0.25) is 0 Å². The molecule has 0 aliphatic rings. The predicted octanol–water partition coefficient (Wildman–Crippen LogP) is 2.24. The summed E-state index contributed by atoms with van der Waals surface area (Å²) in [5.74, 6) is 0. The first kappa shape index (κ1) is 9.11. The Labute approximate surface area is 65.6 Å². The number of hydrogen-bond acceptors (Lipinski definition) is 2. The van der Waals surface area contributed by atoms with Gasteiger partial charge in [-0.05, 0) is 19.1 Å². The summed E-state index contributed by atoms with van der Waals surface area (Å²) in [5.41, 5.74) is 0.884. The molecule has 0 aliphatic carbocycles. The minimum atomic E-state index is 0.440. The fourth-order valence-electron chi connectivity index (χ4n) is 0.383. The molecule has 0 saturated heterocycles. The molecule has 0 bridgehead atoms. The van der Waals surface area contributed by atoms with Crippen LogP contribution in [0.25, 0.3) is 0 Å². The van der Waals surface area contributed by atoms with Gasteiger partial charge in [0, 0.05) is 0 Å². The Morgan fingerprint density at radius 2 is 1.90 bits per heavy atom. The smallest absolute Gasteiger partial charge is 0.151 e. The van der Waals surface area contributed by atoms with Crippen molar-refractivity contribution in [2.75, 3.05) is 0 Å². The van der Waals surface area contributed by atoms with Gasteiger partial charge in [-0.1, -0.05) is 11.6 Å². The minimum Gasteiger partial charge on any atom is -0.154 e. The summed E-state index contributed by atoms with van der Waals surface area (Å²) in [6.07, 6.45) is 0. The Bertz CT molecular complexity index is 162. The lowest BCUT2D eigenvalue weighted by molar-refractivity contribution is 0.981. The molecule has 0 atom stereocenters. The lowest BCUT2D eigenvalue weighted by atomic mass is 10.4. The van der Waals surface area contributed by atoms with E-state index >= 15 is 0 Å². The van der Waals surface area contributed by atoms with Crippen LogP contribution in [0, 0.1) is 6.92 Å². The zero-order valence-corrected chi connectivity index (χ0v) is 6.60. The maximum absolute atomic E-state index is 5.44. The van der Waals surface area contributed by atoms with Crippen molar-refractivity contribution < 1.29 is 0 Å². The summed E-state index contributed by atoms with van der Waals surface area (Å²) in [6, 6.07) is 3.53. The third kappa shape index (κ3) is 3.20. The molecule has 1 rings (SSSR count). The van der Waals surface area contributed by atoms with Gasteiger partial charge in [0.05, 0.1) is 5.69 Å². The summed E-state index contributed by atoms with van der Waals surface area (Å²) in [7, 11) is 0. The van der Waals surface area contributed by atoms with Gasteiger partial charge in [0.15, 0.2) is 5.15 Å². The van der Waals surface area contributed by atoms with E-state index in [0.29, 0.717) is 5.15 Å². The molecule has 1 heterocycles. The van der Waals surface area contributed by atoms with Crippen LogP contribution < -0.4 is 0 Å². The van der Waals surface area contributed by atoms with Crippen molar-refractivity contribution in [3.63, 3.8) is 0 Å². The number of rotatable bonds is 0. The highest BCUT2D eigenvalue weighted by molar-refractivity contribution is 6.29. The maximum Gasteiger partial charge on any atom is 0.151 e. The molecular formula is C7H9ClN2. The van der Waals surface area contributed by atoms with Gasteiger partial charge in [-0.2, -0.15) is 5.10 Å². The SMILES string of the molecule is C=C.Cc1ccc(Cl)nn1. The number of aromatic nitrogens is 2. The lowest BCUT2D eigenvalue weighted by Gasteiger charge is -1.85. The molecule has 0 unspecified atom stereocenters. The second-order valence-electron chi connectivity index (χ2n) is 1.50. The Balaban J connectivity index is 0.000000371. The third-order valence-corrected chi connectivity index (χ3v) is 0.967. The van der Waals surface area contributed by atoms with Gasteiger partial charge < -0.3 is 0 Å². The van der Waals surface area contributed by atoms with Crippen molar-refractivity contribution in [1.29, 1.82) is 0 Å². The lowest BCUT2D eigenvalue weighted by Crippen LogP contribution is -1.83. The highest BCUT2D eigenvalue weighted by Gasteiger charge is 1.85. The van der Waals surface area contributed by atoms with Crippen molar-refractivity contribution in [1.82, 2.24) is 10.2 Å². The summed E-state index contributed by atoms with van der Waals surface area (Å²) in [6.45, 7) is 7.86. The van der Waals surface area contributed by atoms with Gasteiger partial charge in [-0.15, -0.1) is 18.3 Å². The van der Waals surface area contributed by atoms with Gasteiger partial charge in [-0.25, -0.2) is 0 Å². The normalized spacial score (nSPS) is 7.80. The van der Waals surface area contributed by atoms with Crippen LogP contribution in [0.2, 0.25) is 5.15 Å². The quantitative estimate of drug-likeness (QED) is 0.539. The molecule has 0 amide bonds. The van der Waals surface area contributed by atoms with Crippen molar-refractivity contribution in [2.45, 2.75) is 6.92 Å². The first-order valence-electron chi connectivity index (χ1n) is 2.75. The van der Waals surface area contributed by atoms with E-state index < -0.39 is 0 Å². The first-order valence-corrected chi connectivity index (χ1v) is 3.12. The molecular weight excluding hydrogens is 148 g/mol. The van der Waals surface area contributed by atoms with E-state index in [2.05, 4.69) is 23.4 Å². The molecule has 0 radical (unpaired) electrons. The number of nitrogens with zero attached hydrogens (tertiary/aromatic N) is 2. The molecule has 0 fully saturated rings. The topological polar surface area (TPSA) is 25.8 Å². The second-order valence-corrected chi connectivity index (χ2v) is 1.88. The molecule has 54 valence electrons. The molecule has 1 aromatic rings. The Morgan fingerprint density at radius 3 is 2.20 bits per heavy atom. The van der Waals surface area contributed by atoms with Gasteiger partial charge in [0.2, 0.25) is 0 Å². The van der Waals surface area contributed by atoms with E-state index in [0.717, 1.165) is 5.69 Å². The Kier molecular flexibility index (Phi) is 4.50. The summed E-state index contributed by atoms with van der Waals surface area (Å²) in [4.78, 5) is 0. The molecule has 3 heteroatoms. The van der Waals surface area contributed by atoms with E-state index in [1.165, 1.54) is 0 Å². The van der Waals surface area contributed by atoms with Crippen molar-refractivity contribution in [3.8, 4) is 0 Å². The summed E-state index contributed by atoms with van der Waals surface area (Å²) in [5, 5.41) is 7.73. The van der Waals surface area contributed by atoms with Crippen LogP contribution in [0.3, 0.4) is 0 Å². The van der Waals surface area contributed by atoms with Crippen molar-refractivity contribution in [2.24, 2.45) is 0 Å². The molecule has 0 N–H and O–H groups in total. The minimum absolute atomic E-state index is 0.440. The van der Waals surface area contributed by atoms with Gasteiger partial charge in [0.1, 0.15) is 0 Å². The second kappa shape index (κ2) is 4.94. The van der Waals surface area contributed by atoms with Gasteiger partial charge in [0.25, 0.3) is 0 Å². The molecule has 1 aromatic heterocycles. The standard InChI is InChI=1S/C5H5ClN2.C2H4/c1-4-2-3-5(6)8-7-4;1-2/h2-3H,1H3;1-2H2. The monoisotopic (exact) mass is 156 g/mol. The van der Waals surface area contributed by atoms with Crippen LogP contribution in [-0.2, 0) is 0 Å². The Hall–Kier alpha value is -0.890. The first-order chi connectivity index (χ1) is 4.79.